The van der Waals surface area contributed by atoms with E-state index in [0.717, 1.165) is 13.1 Å². The van der Waals surface area contributed by atoms with E-state index in [1.54, 1.807) is 24.3 Å². The first-order valence-corrected chi connectivity index (χ1v) is 12.1. The van der Waals surface area contributed by atoms with Crippen LogP contribution >= 0.6 is 0 Å². The monoisotopic (exact) mass is 457 g/mol. The Bertz CT molecular complexity index is 1180. The van der Waals surface area contributed by atoms with E-state index in [2.05, 4.69) is 36.9 Å². The van der Waals surface area contributed by atoms with Crippen LogP contribution in [-0.2, 0) is 9.59 Å². The van der Waals surface area contributed by atoms with Crippen LogP contribution in [0.5, 0.6) is 0 Å². The number of piperazine rings is 1. The Hall–Kier alpha value is -3.41. The minimum atomic E-state index is -0.310. The summed E-state index contributed by atoms with van der Waals surface area (Å²) in [5.41, 5.74) is 4.78. The average molecular weight is 458 g/mol. The zero-order valence-corrected chi connectivity index (χ0v) is 20.0. The standard InChI is InChI=1S/C28H31N3O3/c1-18-7-5-12-24(20(18)3)29-13-15-30(16-14-29)26(32)21-9-6-10-22(17-21)31-27(33)23-11-4-8-19(2)25(23)28(31)34/h4-10,12,17,19,23,25H,11,13-16H2,1-3H3/t19-,23+,25-/m0/s1. The van der Waals surface area contributed by atoms with Crippen molar-refractivity contribution >= 4 is 29.1 Å². The van der Waals surface area contributed by atoms with Crippen molar-refractivity contribution < 1.29 is 14.4 Å². The van der Waals surface area contributed by atoms with Gasteiger partial charge in [0.05, 0.1) is 17.5 Å². The molecule has 34 heavy (non-hydrogen) atoms. The molecule has 0 N–H and O–H groups in total. The average Bonchev–Trinajstić information content (AvgIpc) is 3.11. The molecule has 3 atom stereocenters. The summed E-state index contributed by atoms with van der Waals surface area (Å²) >= 11 is 0. The van der Waals surface area contributed by atoms with Crippen molar-refractivity contribution in [2.75, 3.05) is 36.0 Å². The topological polar surface area (TPSA) is 60.9 Å². The van der Waals surface area contributed by atoms with Gasteiger partial charge in [-0.05, 0) is 61.6 Å². The van der Waals surface area contributed by atoms with E-state index in [1.807, 2.05) is 24.0 Å². The Balaban J connectivity index is 1.31. The lowest BCUT2D eigenvalue weighted by molar-refractivity contribution is -0.122. The predicted octanol–water partition coefficient (Wildman–Crippen LogP) is 3.97. The molecule has 3 aliphatic rings. The van der Waals surface area contributed by atoms with E-state index in [9.17, 15) is 14.4 Å². The number of nitrogens with zero attached hydrogens (tertiary/aromatic N) is 3. The van der Waals surface area contributed by atoms with Crippen molar-refractivity contribution in [1.82, 2.24) is 4.90 Å². The molecule has 1 aliphatic carbocycles. The quantitative estimate of drug-likeness (QED) is 0.517. The molecular weight excluding hydrogens is 426 g/mol. The third kappa shape index (κ3) is 3.71. The third-order valence-electron chi connectivity index (χ3n) is 7.71. The molecule has 2 fully saturated rings. The molecule has 2 aromatic carbocycles. The number of hydrogen-bond acceptors (Lipinski definition) is 4. The van der Waals surface area contributed by atoms with E-state index in [0.29, 0.717) is 30.8 Å². The van der Waals surface area contributed by atoms with E-state index in [-0.39, 0.29) is 35.5 Å². The first-order valence-electron chi connectivity index (χ1n) is 12.1. The minimum absolute atomic E-state index is 0.0401. The zero-order valence-electron chi connectivity index (χ0n) is 20.0. The maximum Gasteiger partial charge on any atom is 0.254 e. The summed E-state index contributed by atoms with van der Waals surface area (Å²) in [7, 11) is 0. The van der Waals surface area contributed by atoms with Gasteiger partial charge in [-0.15, -0.1) is 0 Å². The van der Waals surface area contributed by atoms with Crippen molar-refractivity contribution in [2.45, 2.75) is 27.2 Å². The van der Waals surface area contributed by atoms with Crippen molar-refractivity contribution in [3.8, 4) is 0 Å². The van der Waals surface area contributed by atoms with Crippen molar-refractivity contribution in [2.24, 2.45) is 17.8 Å². The molecule has 2 heterocycles. The summed E-state index contributed by atoms with van der Waals surface area (Å²) in [4.78, 5) is 45.0. The number of allylic oxidation sites excluding steroid dienone is 2. The van der Waals surface area contributed by atoms with Crippen molar-refractivity contribution in [3.63, 3.8) is 0 Å². The molecule has 0 aromatic heterocycles. The first kappa shape index (κ1) is 22.4. The van der Waals surface area contributed by atoms with E-state index >= 15 is 0 Å². The number of amides is 3. The number of aryl methyl sites for hydroxylation is 1. The van der Waals surface area contributed by atoms with E-state index in [1.165, 1.54) is 21.7 Å². The number of carbonyl (C=O) groups is 3. The van der Waals surface area contributed by atoms with Gasteiger partial charge in [-0.1, -0.05) is 37.3 Å². The molecule has 2 saturated heterocycles. The predicted molar refractivity (Wildman–Crippen MR) is 133 cm³/mol. The number of imide groups is 1. The molecule has 2 aliphatic heterocycles. The van der Waals surface area contributed by atoms with Gasteiger partial charge >= 0.3 is 0 Å². The lowest BCUT2D eigenvalue weighted by atomic mass is 9.78. The summed E-state index contributed by atoms with van der Waals surface area (Å²) in [5, 5.41) is 0. The van der Waals surface area contributed by atoms with Crippen LogP contribution < -0.4 is 9.80 Å². The number of rotatable bonds is 3. The normalized spacial score (nSPS) is 24.6. The van der Waals surface area contributed by atoms with E-state index < -0.39 is 0 Å². The van der Waals surface area contributed by atoms with Crippen LogP contribution in [0.4, 0.5) is 11.4 Å². The second-order valence-corrected chi connectivity index (χ2v) is 9.72. The second-order valence-electron chi connectivity index (χ2n) is 9.72. The number of hydrogen-bond donors (Lipinski definition) is 0. The van der Waals surface area contributed by atoms with Gasteiger partial charge in [-0.2, -0.15) is 0 Å². The van der Waals surface area contributed by atoms with Crippen LogP contribution in [-0.4, -0.2) is 48.8 Å². The second kappa shape index (κ2) is 8.75. The van der Waals surface area contributed by atoms with Gasteiger partial charge in [0.2, 0.25) is 11.8 Å². The number of anilines is 2. The summed E-state index contributed by atoms with van der Waals surface area (Å²) in [6, 6.07) is 13.3. The fourth-order valence-electron chi connectivity index (χ4n) is 5.59. The van der Waals surface area contributed by atoms with E-state index in [4.69, 9.17) is 0 Å². The molecule has 176 valence electrons. The molecule has 6 heteroatoms. The smallest absolute Gasteiger partial charge is 0.254 e. The molecule has 5 rings (SSSR count). The summed E-state index contributed by atoms with van der Waals surface area (Å²) < 4.78 is 0. The Labute approximate surface area is 200 Å². The number of fused-ring (bicyclic) bond motifs is 1. The lowest BCUT2D eigenvalue weighted by Gasteiger charge is -2.37. The fraction of sp³-hybridized carbons (Fsp3) is 0.393. The van der Waals surface area contributed by atoms with Gasteiger partial charge in [-0.25, -0.2) is 0 Å². The van der Waals surface area contributed by atoms with Gasteiger partial charge in [0.25, 0.3) is 5.91 Å². The van der Waals surface area contributed by atoms with Gasteiger partial charge < -0.3 is 9.80 Å². The fourth-order valence-corrected chi connectivity index (χ4v) is 5.59. The SMILES string of the molecule is Cc1cccc(N2CCN(C(=O)c3cccc(N4C(=O)[C@H]5[C@@H](C)C=CC[C@H]5C4=O)c3)CC2)c1C. The maximum atomic E-state index is 13.3. The molecule has 0 saturated carbocycles. The highest BCUT2D eigenvalue weighted by Crippen LogP contribution is 2.40. The summed E-state index contributed by atoms with van der Waals surface area (Å²) in [5.74, 6) is -0.941. The number of benzene rings is 2. The first-order chi connectivity index (χ1) is 16.4. The van der Waals surface area contributed by atoms with Crippen LogP contribution in [0.3, 0.4) is 0 Å². The highest BCUT2D eigenvalue weighted by molar-refractivity contribution is 6.22. The molecule has 3 amide bonds. The molecular formula is C28H31N3O3. The van der Waals surface area contributed by atoms with Crippen molar-refractivity contribution in [1.29, 1.82) is 0 Å². The van der Waals surface area contributed by atoms with Crippen LogP contribution in [0.2, 0.25) is 0 Å². The Morgan fingerprint density at radius 1 is 0.941 bits per heavy atom. The van der Waals surface area contributed by atoms with Gasteiger partial charge in [-0.3, -0.25) is 19.3 Å². The lowest BCUT2D eigenvalue weighted by Crippen LogP contribution is -2.49. The molecule has 6 nitrogen and oxygen atoms in total. The van der Waals surface area contributed by atoms with Crippen LogP contribution in [0, 0.1) is 31.6 Å². The van der Waals surface area contributed by atoms with Crippen LogP contribution in [0.1, 0.15) is 34.8 Å². The Morgan fingerprint density at radius 2 is 1.68 bits per heavy atom. The molecule has 2 aromatic rings. The summed E-state index contributed by atoms with van der Waals surface area (Å²) in [6.45, 7) is 9.05. The summed E-state index contributed by atoms with van der Waals surface area (Å²) in [6.07, 6.45) is 4.62. The van der Waals surface area contributed by atoms with Gasteiger partial charge in [0.1, 0.15) is 0 Å². The third-order valence-corrected chi connectivity index (χ3v) is 7.71. The Morgan fingerprint density at radius 3 is 2.41 bits per heavy atom. The highest BCUT2D eigenvalue weighted by Gasteiger charge is 2.50. The van der Waals surface area contributed by atoms with Gasteiger partial charge in [0, 0.05) is 37.4 Å². The minimum Gasteiger partial charge on any atom is -0.368 e. The largest absolute Gasteiger partial charge is 0.368 e. The highest BCUT2D eigenvalue weighted by atomic mass is 16.2. The maximum absolute atomic E-state index is 13.3. The molecule has 0 bridgehead atoms. The zero-order chi connectivity index (χ0) is 24.0. The molecule has 0 radical (unpaired) electrons. The number of carbonyl (C=O) groups excluding carboxylic acids is 3. The molecule has 0 unspecified atom stereocenters. The van der Waals surface area contributed by atoms with Crippen LogP contribution in [0.15, 0.2) is 54.6 Å². The van der Waals surface area contributed by atoms with Crippen molar-refractivity contribution in [3.05, 3.63) is 71.3 Å². The van der Waals surface area contributed by atoms with Gasteiger partial charge in [0.15, 0.2) is 0 Å². The Kier molecular flexibility index (Phi) is 5.76. The van der Waals surface area contributed by atoms with Crippen LogP contribution in [0.25, 0.3) is 0 Å². The molecule has 0 spiro atoms.